The number of aliphatic hydroxyl groups excluding tert-OH is 1. The lowest BCUT2D eigenvalue weighted by molar-refractivity contribution is 0.107. The molecular formula is C40H45F3N6O4. The first-order chi connectivity index (χ1) is 25.7. The topological polar surface area (TPSA) is 104 Å². The number of amides is 1. The van der Waals surface area contributed by atoms with Crippen molar-refractivity contribution in [3.8, 4) is 23.0 Å². The summed E-state index contributed by atoms with van der Waals surface area (Å²) in [6.07, 6.45) is 6.64. The van der Waals surface area contributed by atoms with Gasteiger partial charge in [0.05, 0.1) is 17.0 Å². The number of carbonyl (C=O) groups excluding carboxylic acids is 1. The lowest BCUT2D eigenvalue weighted by atomic mass is 9.94. The van der Waals surface area contributed by atoms with Crippen LogP contribution in [0.4, 0.5) is 23.8 Å². The maximum atomic E-state index is 17.3. The Labute approximate surface area is 306 Å². The van der Waals surface area contributed by atoms with Gasteiger partial charge < -0.3 is 24.4 Å². The maximum Gasteiger partial charge on any atom is 0.415 e. The molecule has 2 bridgehead atoms. The second kappa shape index (κ2) is 13.6. The number of alkyl halides is 1. The molecule has 9 rings (SSSR count). The molecule has 280 valence electrons. The van der Waals surface area contributed by atoms with Gasteiger partial charge in [0.1, 0.15) is 41.4 Å². The van der Waals surface area contributed by atoms with Crippen LogP contribution in [-0.2, 0) is 6.42 Å². The number of hydrogen-bond acceptors (Lipinski definition) is 9. The van der Waals surface area contributed by atoms with Crippen molar-refractivity contribution in [2.24, 2.45) is 11.8 Å². The molecule has 13 heteroatoms. The molecule has 0 unspecified atom stereocenters. The van der Waals surface area contributed by atoms with Crippen LogP contribution < -0.4 is 14.4 Å². The van der Waals surface area contributed by atoms with Crippen molar-refractivity contribution in [1.82, 2.24) is 24.8 Å². The van der Waals surface area contributed by atoms with Crippen LogP contribution in [0.15, 0.2) is 30.5 Å². The number of pyridine rings is 1. The average molecular weight is 731 g/mol. The second-order valence-corrected chi connectivity index (χ2v) is 15.8. The lowest BCUT2D eigenvalue weighted by Crippen LogP contribution is -2.43. The molecule has 4 aromatic rings. The number of nitrogens with zero attached hydrogens (tertiary/aromatic N) is 6. The molecule has 10 nitrogen and oxygen atoms in total. The minimum absolute atomic E-state index is 0.0117. The number of rotatable bonds is 7. The molecule has 1 N–H and O–H groups in total. The third-order valence-corrected chi connectivity index (χ3v) is 12.4. The van der Waals surface area contributed by atoms with Crippen molar-refractivity contribution in [3.05, 3.63) is 47.7 Å². The average Bonchev–Trinajstić information content (AvgIpc) is 3.78. The van der Waals surface area contributed by atoms with E-state index in [0.717, 1.165) is 45.1 Å². The molecule has 53 heavy (non-hydrogen) atoms. The number of halogens is 3. The molecule has 5 fully saturated rings. The van der Waals surface area contributed by atoms with Gasteiger partial charge in [-0.05, 0) is 98.4 Å². The van der Waals surface area contributed by atoms with Crippen molar-refractivity contribution in [3.63, 3.8) is 0 Å². The Morgan fingerprint density at radius 2 is 1.89 bits per heavy atom. The van der Waals surface area contributed by atoms with E-state index in [4.69, 9.17) is 14.5 Å². The minimum Gasteiger partial charge on any atom is -0.461 e. The van der Waals surface area contributed by atoms with E-state index in [-0.39, 0.29) is 47.0 Å². The van der Waals surface area contributed by atoms with E-state index in [0.29, 0.717) is 79.5 Å². The molecule has 1 amide bonds. The first-order valence-corrected chi connectivity index (χ1v) is 19.2. The number of hydrogen-bond donors (Lipinski definition) is 1. The highest BCUT2D eigenvalue weighted by Crippen LogP contribution is 2.44. The largest absolute Gasteiger partial charge is 0.461 e. The van der Waals surface area contributed by atoms with E-state index >= 15 is 8.78 Å². The fourth-order valence-corrected chi connectivity index (χ4v) is 9.89. The summed E-state index contributed by atoms with van der Waals surface area (Å²) in [5.74, 6) is -0.160. The zero-order valence-corrected chi connectivity index (χ0v) is 30.0. The standard InChI is InChI=1S/C40H45F3N6O4/c1-2-28-31(42)8-7-24-15-27(53-39(51)47-10-4-3-5-11-47)16-29(33(24)28)35-34(43)36-30(18-44-35)37(48-19-23-13-25(20-48)32(50)14-23)46-38(45-36)52-22-40-9-6-12-49(40)21-26(41)17-40/h7-8,15-16,18,23,25-26,32,50H,2-6,9-14,17,19-22H2,1H3/t23-,25-,26-,32-,40+/m1/s1. The van der Waals surface area contributed by atoms with E-state index < -0.39 is 35.5 Å². The normalized spacial score (nSPS) is 27.2. The molecular weight excluding hydrogens is 685 g/mol. The number of anilines is 1. The maximum absolute atomic E-state index is 17.3. The molecule has 1 saturated carbocycles. The van der Waals surface area contributed by atoms with Gasteiger partial charge in [-0.25, -0.2) is 18.0 Å². The second-order valence-electron chi connectivity index (χ2n) is 15.8. The molecule has 0 spiro atoms. The van der Waals surface area contributed by atoms with Crippen molar-refractivity contribution in [2.45, 2.75) is 82.5 Å². The molecule has 0 radical (unpaired) electrons. The van der Waals surface area contributed by atoms with Crippen LogP contribution in [0.2, 0.25) is 0 Å². The zero-order chi connectivity index (χ0) is 36.4. The number of aromatic nitrogens is 3. The number of fused-ring (bicyclic) bond motifs is 5. The van der Waals surface area contributed by atoms with E-state index in [9.17, 15) is 14.3 Å². The van der Waals surface area contributed by atoms with Crippen LogP contribution in [0, 0.1) is 23.5 Å². The van der Waals surface area contributed by atoms with Gasteiger partial charge in [-0.15, -0.1) is 0 Å². The summed E-state index contributed by atoms with van der Waals surface area (Å²) in [5, 5.41) is 12.1. The summed E-state index contributed by atoms with van der Waals surface area (Å²) in [7, 11) is 0. The number of aryl methyl sites for hydroxylation is 1. The van der Waals surface area contributed by atoms with E-state index in [1.165, 1.54) is 6.07 Å². The van der Waals surface area contributed by atoms with Gasteiger partial charge in [0.25, 0.3) is 0 Å². The monoisotopic (exact) mass is 730 g/mol. The third-order valence-electron chi connectivity index (χ3n) is 12.4. The van der Waals surface area contributed by atoms with Crippen LogP contribution in [-0.4, -0.2) is 99.6 Å². The fraction of sp³-hybridized carbons (Fsp3) is 0.550. The number of piperidine rings is 2. The highest BCUT2D eigenvalue weighted by Gasteiger charge is 2.49. The predicted octanol–water partition coefficient (Wildman–Crippen LogP) is 6.83. The molecule has 5 atom stereocenters. The number of carbonyl (C=O) groups is 1. The number of aliphatic hydroxyl groups is 1. The Morgan fingerprint density at radius 1 is 1.04 bits per heavy atom. The number of benzene rings is 2. The Kier molecular flexibility index (Phi) is 8.84. The Morgan fingerprint density at radius 3 is 2.70 bits per heavy atom. The third kappa shape index (κ3) is 6.13. The predicted molar refractivity (Wildman–Crippen MR) is 194 cm³/mol. The van der Waals surface area contributed by atoms with Gasteiger partial charge in [-0.2, -0.15) is 9.97 Å². The van der Waals surface area contributed by atoms with Gasteiger partial charge in [-0.1, -0.05) is 13.0 Å². The molecule has 4 saturated heterocycles. The smallest absolute Gasteiger partial charge is 0.415 e. The van der Waals surface area contributed by atoms with E-state index in [2.05, 4.69) is 19.8 Å². The van der Waals surface area contributed by atoms with Gasteiger partial charge >= 0.3 is 12.1 Å². The van der Waals surface area contributed by atoms with E-state index in [1.807, 2.05) is 6.92 Å². The number of likely N-dealkylation sites (tertiary alicyclic amines) is 1. The molecule has 2 aromatic carbocycles. The first-order valence-electron chi connectivity index (χ1n) is 19.2. The summed E-state index contributed by atoms with van der Waals surface area (Å²) in [5.41, 5.74) is 0.134. The number of ether oxygens (including phenoxy) is 2. The summed E-state index contributed by atoms with van der Waals surface area (Å²) in [6.45, 7) is 5.57. The highest BCUT2D eigenvalue weighted by molar-refractivity contribution is 6.02. The summed E-state index contributed by atoms with van der Waals surface area (Å²) in [4.78, 5) is 33.2. The van der Waals surface area contributed by atoms with Gasteiger partial charge in [-0.3, -0.25) is 9.88 Å². The van der Waals surface area contributed by atoms with Crippen molar-refractivity contribution < 1.29 is 32.5 Å². The lowest BCUT2D eigenvalue weighted by Gasteiger charge is -2.34. The Balaban J connectivity index is 1.16. The molecule has 4 aliphatic heterocycles. The first kappa shape index (κ1) is 34.5. The van der Waals surface area contributed by atoms with Crippen LogP contribution in [0.1, 0.15) is 63.9 Å². The summed E-state index contributed by atoms with van der Waals surface area (Å²) < 4.78 is 59.5. The van der Waals surface area contributed by atoms with Gasteiger partial charge in [0.2, 0.25) is 0 Å². The van der Waals surface area contributed by atoms with Crippen LogP contribution >= 0.6 is 0 Å². The van der Waals surface area contributed by atoms with Crippen molar-refractivity contribution in [2.75, 3.05) is 50.8 Å². The Bertz CT molecular complexity index is 2080. The van der Waals surface area contributed by atoms with Crippen molar-refractivity contribution >= 4 is 33.6 Å². The van der Waals surface area contributed by atoms with Crippen LogP contribution in [0.5, 0.6) is 11.8 Å². The van der Waals surface area contributed by atoms with Gasteiger partial charge in [0.15, 0.2) is 5.82 Å². The molecule has 6 heterocycles. The molecule has 1 aliphatic carbocycles. The quantitative estimate of drug-likeness (QED) is 0.219. The Hall–Kier alpha value is -4.23. The van der Waals surface area contributed by atoms with E-state index in [1.54, 1.807) is 29.3 Å². The zero-order valence-electron chi connectivity index (χ0n) is 30.0. The van der Waals surface area contributed by atoms with Gasteiger partial charge in [0, 0.05) is 56.8 Å². The van der Waals surface area contributed by atoms with Crippen LogP contribution in [0.3, 0.4) is 0 Å². The molecule has 2 aromatic heterocycles. The fourth-order valence-electron chi connectivity index (χ4n) is 9.89. The molecule has 5 aliphatic rings. The van der Waals surface area contributed by atoms with Crippen LogP contribution in [0.25, 0.3) is 32.9 Å². The van der Waals surface area contributed by atoms with Crippen molar-refractivity contribution in [1.29, 1.82) is 0 Å². The summed E-state index contributed by atoms with van der Waals surface area (Å²) in [6, 6.07) is 6.20. The SMILES string of the molecule is CCc1c(F)ccc2cc(OC(=O)N3CCCCC3)cc(-c3ncc4c(N5C[C@@H]6C[C@H](C5)[C@H](O)C6)nc(OC[C@@]56CCCN5C[C@H](F)C6)nc4c3F)c12. The minimum atomic E-state index is -0.934. The highest BCUT2D eigenvalue weighted by atomic mass is 19.1. The summed E-state index contributed by atoms with van der Waals surface area (Å²) >= 11 is 0.